The van der Waals surface area contributed by atoms with Crippen LogP contribution >= 0.6 is 0 Å². The first-order chi connectivity index (χ1) is 8.55. The Morgan fingerprint density at radius 3 is 2.32 bits per heavy atom. The zero-order valence-corrected chi connectivity index (χ0v) is 12.2. The molecule has 2 N–H and O–H groups in total. The van der Waals surface area contributed by atoms with Crippen molar-refractivity contribution in [2.45, 2.75) is 26.4 Å². The zero-order chi connectivity index (χ0) is 14.7. The average Bonchev–Trinajstić information content (AvgIpc) is 2.11. The second kappa shape index (κ2) is 5.48. The van der Waals surface area contributed by atoms with Crippen LogP contribution in [-0.4, -0.2) is 26.4 Å². The molecule has 0 unspecified atom stereocenters. The Morgan fingerprint density at radius 1 is 1.21 bits per heavy atom. The fourth-order valence-corrected chi connectivity index (χ4v) is 1.85. The molecule has 0 aliphatic carbocycles. The first kappa shape index (κ1) is 15.3. The SMILES string of the molecule is CC(C)(C)OC(=O)Nc1cccc(NS(C)(=O)=O)c1. The minimum atomic E-state index is -3.35. The highest BCUT2D eigenvalue weighted by Crippen LogP contribution is 2.17. The molecule has 0 saturated carbocycles. The standard InChI is InChI=1S/C12H18N2O4S/c1-12(2,3)18-11(15)13-9-6-5-7-10(8-9)14-19(4,16)17/h5-8,14H,1-4H3,(H,13,15). The van der Waals surface area contributed by atoms with Crippen molar-refractivity contribution in [3.8, 4) is 0 Å². The van der Waals surface area contributed by atoms with E-state index < -0.39 is 21.7 Å². The van der Waals surface area contributed by atoms with E-state index in [-0.39, 0.29) is 0 Å². The highest BCUT2D eigenvalue weighted by Gasteiger charge is 2.16. The maximum Gasteiger partial charge on any atom is 0.412 e. The molecule has 106 valence electrons. The third-order valence-electron chi connectivity index (χ3n) is 1.81. The van der Waals surface area contributed by atoms with Gasteiger partial charge in [0.25, 0.3) is 0 Å². The molecule has 0 saturated heterocycles. The Kier molecular flexibility index (Phi) is 4.41. The predicted octanol–water partition coefficient (Wildman–Crippen LogP) is 2.41. The number of amides is 1. The lowest BCUT2D eigenvalue weighted by molar-refractivity contribution is 0.0636. The van der Waals surface area contributed by atoms with Gasteiger partial charge in [0.2, 0.25) is 10.0 Å². The van der Waals surface area contributed by atoms with Gasteiger partial charge < -0.3 is 4.74 Å². The Bertz CT molecular complexity index is 561. The van der Waals surface area contributed by atoms with Crippen molar-refractivity contribution in [2.75, 3.05) is 16.3 Å². The van der Waals surface area contributed by atoms with Gasteiger partial charge in [-0.3, -0.25) is 10.0 Å². The fourth-order valence-electron chi connectivity index (χ4n) is 1.30. The smallest absolute Gasteiger partial charge is 0.412 e. The van der Waals surface area contributed by atoms with Crippen molar-refractivity contribution in [3.63, 3.8) is 0 Å². The van der Waals surface area contributed by atoms with Gasteiger partial charge in [-0.25, -0.2) is 13.2 Å². The molecule has 1 amide bonds. The second-order valence-electron chi connectivity index (χ2n) is 5.08. The van der Waals surface area contributed by atoms with E-state index >= 15 is 0 Å². The highest BCUT2D eigenvalue weighted by molar-refractivity contribution is 7.92. The zero-order valence-electron chi connectivity index (χ0n) is 11.4. The molecule has 0 aliphatic rings. The van der Waals surface area contributed by atoms with Gasteiger partial charge in [0.1, 0.15) is 5.60 Å². The van der Waals surface area contributed by atoms with Crippen LogP contribution in [0.15, 0.2) is 24.3 Å². The molecular weight excluding hydrogens is 268 g/mol. The summed E-state index contributed by atoms with van der Waals surface area (Å²) in [5.41, 5.74) is 0.228. The third-order valence-corrected chi connectivity index (χ3v) is 2.42. The second-order valence-corrected chi connectivity index (χ2v) is 6.83. The molecule has 1 aromatic carbocycles. The van der Waals surface area contributed by atoms with E-state index in [9.17, 15) is 13.2 Å². The molecule has 0 bridgehead atoms. The monoisotopic (exact) mass is 286 g/mol. The van der Waals surface area contributed by atoms with E-state index in [1.807, 2.05) is 0 Å². The number of carbonyl (C=O) groups excluding carboxylic acids is 1. The molecule has 1 rings (SSSR count). The summed E-state index contributed by atoms with van der Waals surface area (Å²) in [6.07, 6.45) is 0.463. The average molecular weight is 286 g/mol. The molecule has 0 aromatic heterocycles. The number of benzene rings is 1. The summed E-state index contributed by atoms with van der Waals surface area (Å²) >= 11 is 0. The summed E-state index contributed by atoms with van der Waals surface area (Å²) in [7, 11) is -3.35. The fraction of sp³-hybridized carbons (Fsp3) is 0.417. The maximum atomic E-state index is 11.6. The third kappa shape index (κ3) is 6.66. The molecule has 19 heavy (non-hydrogen) atoms. The lowest BCUT2D eigenvalue weighted by atomic mass is 10.2. The first-order valence-electron chi connectivity index (χ1n) is 5.63. The Labute approximate surface area is 113 Å². The molecule has 7 heteroatoms. The Morgan fingerprint density at radius 2 is 1.79 bits per heavy atom. The molecule has 6 nitrogen and oxygen atoms in total. The van der Waals surface area contributed by atoms with Crippen molar-refractivity contribution in [2.24, 2.45) is 0 Å². The normalized spacial score (nSPS) is 11.8. The van der Waals surface area contributed by atoms with Crippen LogP contribution in [0.1, 0.15) is 20.8 Å². The van der Waals surface area contributed by atoms with E-state index in [1.54, 1.807) is 39.0 Å². The van der Waals surface area contributed by atoms with Crippen LogP contribution in [0.5, 0.6) is 0 Å². The number of anilines is 2. The number of carbonyl (C=O) groups is 1. The van der Waals surface area contributed by atoms with Crippen LogP contribution in [0.2, 0.25) is 0 Å². The van der Waals surface area contributed by atoms with Crippen molar-refractivity contribution in [1.29, 1.82) is 0 Å². The number of hydrogen-bond acceptors (Lipinski definition) is 4. The van der Waals surface area contributed by atoms with E-state index in [1.165, 1.54) is 6.07 Å². The summed E-state index contributed by atoms with van der Waals surface area (Å²) in [5, 5.41) is 2.53. The van der Waals surface area contributed by atoms with Gasteiger partial charge in [0.15, 0.2) is 0 Å². The molecule has 0 radical (unpaired) electrons. The number of ether oxygens (including phenoxy) is 1. The van der Waals surface area contributed by atoms with Crippen LogP contribution < -0.4 is 10.0 Å². The number of nitrogens with one attached hydrogen (secondary N) is 2. The van der Waals surface area contributed by atoms with Gasteiger partial charge in [-0.1, -0.05) is 6.07 Å². The van der Waals surface area contributed by atoms with Gasteiger partial charge in [0.05, 0.1) is 11.9 Å². The van der Waals surface area contributed by atoms with Gasteiger partial charge in [0, 0.05) is 5.69 Å². The van der Waals surface area contributed by atoms with Gasteiger partial charge in [-0.2, -0.15) is 0 Å². The maximum absolute atomic E-state index is 11.6. The van der Waals surface area contributed by atoms with Crippen molar-refractivity contribution < 1.29 is 17.9 Å². The molecular formula is C12H18N2O4S. The van der Waals surface area contributed by atoms with Gasteiger partial charge >= 0.3 is 6.09 Å². The molecule has 0 aliphatic heterocycles. The molecule has 1 aromatic rings. The highest BCUT2D eigenvalue weighted by atomic mass is 32.2. The quantitative estimate of drug-likeness (QED) is 0.893. The van der Waals surface area contributed by atoms with Crippen LogP contribution in [0.3, 0.4) is 0 Å². The van der Waals surface area contributed by atoms with Crippen molar-refractivity contribution in [3.05, 3.63) is 24.3 Å². The van der Waals surface area contributed by atoms with Crippen LogP contribution in [0.25, 0.3) is 0 Å². The van der Waals surface area contributed by atoms with Crippen LogP contribution in [-0.2, 0) is 14.8 Å². The van der Waals surface area contributed by atoms with Crippen molar-refractivity contribution in [1.82, 2.24) is 0 Å². The van der Waals surface area contributed by atoms with Crippen LogP contribution in [0.4, 0.5) is 16.2 Å². The lowest BCUT2D eigenvalue weighted by Crippen LogP contribution is -2.27. The predicted molar refractivity (Wildman–Crippen MR) is 74.8 cm³/mol. The van der Waals surface area contributed by atoms with E-state index in [0.29, 0.717) is 11.4 Å². The number of sulfonamides is 1. The summed E-state index contributed by atoms with van der Waals surface area (Å²) in [6.45, 7) is 5.27. The van der Waals surface area contributed by atoms with Gasteiger partial charge in [-0.15, -0.1) is 0 Å². The van der Waals surface area contributed by atoms with Crippen molar-refractivity contribution >= 4 is 27.5 Å². The summed E-state index contributed by atoms with van der Waals surface area (Å²) in [5.74, 6) is 0. The summed E-state index contributed by atoms with van der Waals surface area (Å²) in [6, 6.07) is 6.35. The minimum absolute atomic E-state index is 0.371. The first-order valence-corrected chi connectivity index (χ1v) is 7.52. The van der Waals surface area contributed by atoms with Gasteiger partial charge in [-0.05, 0) is 39.0 Å². The lowest BCUT2D eigenvalue weighted by Gasteiger charge is -2.19. The molecule has 0 fully saturated rings. The largest absolute Gasteiger partial charge is 0.444 e. The minimum Gasteiger partial charge on any atom is -0.444 e. The molecule has 0 heterocycles. The van der Waals surface area contributed by atoms with E-state index in [2.05, 4.69) is 10.0 Å². The molecule has 0 atom stereocenters. The summed E-state index contributed by atoms with van der Waals surface area (Å²) < 4.78 is 29.6. The Balaban J connectivity index is 2.75. The summed E-state index contributed by atoms with van der Waals surface area (Å²) in [4.78, 5) is 11.6. The molecule has 0 spiro atoms. The van der Waals surface area contributed by atoms with Crippen LogP contribution in [0, 0.1) is 0 Å². The number of hydrogen-bond donors (Lipinski definition) is 2. The van der Waals surface area contributed by atoms with E-state index in [0.717, 1.165) is 6.26 Å². The topological polar surface area (TPSA) is 84.5 Å². The van der Waals surface area contributed by atoms with E-state index in [4.69, 9.17) is 4.74 Å². The Hall–Kier alpha value is -1.76. The number of rotatable bonds is 3.